The molecule has 6 nitrogen and oxygen atoms in total. The SMILES string of the molecule is CCOC12CCCCC1C(C#N)(C#N)C(C#N)(C#N)C(C)O2. The van der Waals surface area contributed by atoms with E-state index in [0.29, 0.717) is 19.4 Å². The quantitative estimate of drug-likeness (QED) is 0.773. The molecule has 1 saturated heterocycles. The lowest BCUT2D eigenvalue weighted by Crippen LogP contribution is -2.66. The van der Waals surface area contributed by atoms with Gasteiger partial charge in [0.25, 0.3) is 0 Å². The fourth-order valence-electron chi connectivity index (χ4n) is 3.98. The zero-order valence-corrected chi connectivity index (χ0v) is 12.8. The molecule has 114 valence electrons. The summed E-state index contributed by atoms with van der Waals surface area (Å²) in [6.07, 6.45) is 1.88. The largest absolute Gasteiger partial charge is 0.350 e. The Bertz CT molecular complexity index is 586. The van der Waals surface area contributed by atoms with E-state index in [4.69, 9.17) is 9.47 Å². The van der Waals surface area contributed by atoms with Crippen molar-refractivity contribution in [3.63, 3.8) is 0 Å². The molecule has 1 aliphatic heterocycles. The zero-order chi connectivity index (χ0) is 16.4. The van der Waals surface area contributed by atoms with Gasteiger partial charge in [0.1, 0.15) is 0 Å². The van der Waals surface area contributed by atoms with E-state index in [0.717, 1.165) is 12.8 Å². The van der Waals surface area contributed by atoms with E-state index in [-0.39, 0.29) is 0 Å². The number of hydrogen-bond donors (Lipinski definition) is 0. The van der Waals surface area contributed by atoms with E-state index in [1.54, 1.807) is 6.92 Å². The highest BCUT2D eigenvalue weighted by Gasteiger charge is 2.72. The molecular formula is C16H18N4O2. The smallest absolute Gasteiger partial charge is 0.201 e. The van der Waals surface area contributed by atoms with Gasteiger partial charge in [-0.15, -0.1) is 0 Å². The van der Waals surface area contributed by atoms with Crippen LogP contribution in [0.4, 0.5) is 0 Å². The van der Waals surface area contributed by atoms with Crippen LogP contribution < -0.4 is 0 Å². The van der Waals surface area contributed by atoms with Gasteiger partial charge in [0.05, 0.1) is 30.4 Å². The van der Waals surface area contributed by atoms with Crippen LogP contribution in [0.3, 0.4) is 0 Å². The predicted molar refractivity (Wildman–Crippen MR) is 74.2 cm³/mol. The number of fused-ring (bicyclic) bond motifs is 1. The van der Waals surface area contributed by atoms with Crippen molar-refractivity contribution in [1.82, 2.24) is 0 Å². The Morgan fingerprint density at radius 1 is 1.05 bits per heavy atom. The van der Waals surface area contributed by atoms with Crippen molar-refractivity contribution in [2.75, 3.05) is 6.61 Å². The van der Waals surface area contributed by atoms with Crippen LogP contribution in [0.2, 0.25) is 0 Å². The topological polar surface area (TPSA) is 114 Å². The summed E-state index contributed by atoms with van der Waals surface area (Å²) in [5.41, 5.74) is -3.58. The van der Waals surface area contributed by atoms with Crippen molar-refractivity contribution in [2.45, 2.75) is 51.4 Å². The minimum absolute atomic E-state index is 0.377. The average molecular weight is 298 g/mol. The van der Waals surface area contributed by atoms with Crippen LogP contribution in [0.5, 0.6) is 0 Å². The normalized spacial score (nSPS) is 35.0. The molecule has 0 spiro atoms. The van der Waals surface area contributed by atoms with E-state index in [1.807, 2.05) is 31.2 Å². The minimum Gasteiger partial charge on any atom is -0.350 e. The summed E-state index contributed by atoms with van der Waals surface area (Å²) in [7, 11) is 0. The van der Waals surface area contributed by atoms with Crippen LogP contribution in [0.15, 0.2) is 0 Å². The van der Waals surface area contributed by atoms with Crippen molar-refractivity contribution in [3.05, 3.63) is 0 Å². The highest BCUT2D eigenvalue weighted by Crippen LogP contribution is 2.60. The summed E-state index contributed by atoms with van der Waals surface area (Å²) < 4.78 is 11.8. The maximum Gasteiger partial charge on any atom is 0.201 e. The third kappa shape index (κ3) is 1.75. The molecule has 0 N–H and O–H groups in total. The zero-order valence-electron chi connectivity index (χ0n) is 12.8. The summed E-state index contributed by atoms with van der Waals surface area (Å²) in [6.45, 7) is 3.77. The van der Waals surface area contributed by atoms with Gasteiger partial charge < -0.3 is 9.47 Å². The number of ether oxygens (including phenoxy) is 2. The van der Waals surface area contributed by atoms with Gasteiger partial charge in [0.2, 0.25) is 5.41 Å². The highest BCUT2D eigenvalue weighted by molar-refractivity contribution is 5.40. The Labute approximate surface area is 130 Å². The molecule has 1 heterocycles. The Balaban J connectivity index is 2.71. The molecule has 0 bridgehead atoms. The maximum atomic E-state index is 9.79. The lowest BCUT2D eigenvalue weighted by atomic mass is 9.51. The van der Waals surface area contributed by atoms with Crippen molar-refractivity contribution >= 4 is 0 Å². The van der Waals surface area contributed by atoms with Crippen molar-refractivity contribution in [1.29, 1.82) is 21.0 Å². The van der Waals surface area contributed by atoms with Crippen molar-refractivity contribution in [3.8, 4) is 24.3 Å². The highest BCUT2D eigenvalue weighted by atomic mass is 16.7. The molecule has 2 rings (SSSR count). The van der Waals surface area contributed by atoms with Gasteiger partial charge in [-0.05, 0) is 26.7 Å². The van der Waals surface area contributed by atoms with Crippen LogP contribution in [-0.4, -0.2) is 18.5 Å². The summed E-state index contributed by atoms with van der Waals surface area (Å²) in [5, 5.41) is 38.8. The van der Waals surface area contributed by atoms with Crippen LogP contribution in [0, 0.1) is 62.1 Å². The molecule has 2 fully saturated rings. The van der Waals surface area contributed by atoms with Gasteiger partial charge >= 0.3 is 0 Å². The monoisotopic (exact) mass is 298 g/mol. The first-order chi connectivity index (χ1) is 10.5. The molecule has 2 aliphatic rings. The molecule has 1 saturated carbocycles. The molecule has 22 heavy (non-hydrogen) atoms. The molecule has 0 radical (unpaired) electrons. The van der Waals surface area contributed by atoms with Crippen molar-refractivity contribution < 1.29 is 9.47 Å². The number of nitriles is 4. The fraction of sp³-hybridized carbons (Fsp3) is 0.750. The van der Waals surface area contributed by atoms with Gasteiger partial charge in [0, 0.05) is 18.9 Å². The molecule has 3 atom stereocenters. The van der Waals surface area contributed by atoms with E-state index < -0.39 is 28.6 Å². The Morgan fingerprint density at radius 2 is 1.64 bits per heavy atom. The second kappa shape index (κ2) is 5.58. The van der Waals surface area contributed by atoms with Gasteiger partial charge in [-0.2, -0.15) is 21.0 Å². The van der Waals surface area contributed by atoms with E-state index in [1.165, 1.54) is 0 Å². The average Bonchev–Trinajstić information content (AvgIpc) is 2.54. The maximum absolute atomic E-state index is 9.79. The van der Waals surface area contributed by atoms with Crippen LogP contribution in [-0.2, 0) is 9.47 Å². The van der Waals surface area contributed by atoms with Crippen LogP contribution >= 0.6 is 0 Å². The lowest BCUT2D eigenvalue weighted by Gasteiger charge is -2.56. The molecular weight excluding hydrogens is 280 g/mol. The second-order valence-electron chi connectivity index (χ2n) is 5.87. The van der Waals surface area contributed by atoms with Crippen molar-refractivity contribution in [2.24, 2.45) is 16.7 Å². The number of nitrogens with zero attached hydrogens (tertiary/aromatic N) is 4. The Morgan fingerprint density at radius 3 is 2.14 bits per heavy atom. The first-order valence-corrected chi connectivity index (χ1v) is 7.49. The third-order valence-electron chi connectivity index (χ3n) is 5.02. The van der Waals surface area contributed by atoms with Gasteiger partial charge in [-0.3, -0.25) is 0 Å². The number of rotatable bonds is 2. The van der Waals surface area contributed by atoms with Crippen LogP contribution in [0.1, 0.15) is 39.5 Å². The molecule has 1 aliphatic carbocycles. The van der Waals surface area contributed by atoms with E-state index >= 15 is 0 Å². The van der Waals surface area contributed by atoms with Gasteiger partial charge in [-0.1, -0.05) is 6.42 Å². The fourth-order valence-corrected chi connectivity index (χ4v) is 3.98. The minimum atomic E-state index is -1.82. The Hall–Kier alpha value is -2.12. The molecule has 0 aromatic rings. The molecule has 0 aromatic carbocycles. The summed E-state index contributed by atoms with van der Waals surface area (Å²) >= 11 is 0. The lowest BCUT2D eigenvalue weighted by molar-refractivity contribution is -0.348. The van der Waals surface area contributed by atoms with E-state index in [2.05, 4.69) is 0 Å². The van der Waals surface area contributed by atoms with E-state index in [9.17, 15) is 21.0 Å². The summed E-state index contributed by atoms with van der Waals surface area (Å²) in [5.74, 6) is -1.67. The first-order valence-electron chi connectivity index (χ1n) is 7.49. The molecule has 0 amide bonds. The summed E-state index contributed by atoms with van der Waals surface area (Å²) in [4.78, 5) is 0. The summed E-state index contributed by atoms with van der Waals surface area (Å²) in [6, 6.07) is 7.84. The molecule has 3 unspecified atom stereocenters. The third-order valence-corrected chi connectivity index (χ3v) is 5.02. The number of hydrogen-bond acceptors (Lipinski definition) is 6. The standard InChI is InChI=1S/C16H18N4O2/c1-3-21-16-7-5-4-6-13(16)15(10-19,11-20)14(8-17,9-18)12(2)22-16/h12-13H,3-7H2,1-2H3. The van der Waals surface area contributed by atoms with Crippen LogP contribution in [0.25, 0.3) is 0 Å². The van der Waals surface area contributed by atoms with Gasteiger partial charge in [-0.25, -0.2) is 0 Å². The predicted octanol–water partition coefficient (Wildman–Crippen LogP) is 2.40. The van der Waals surface area contributed by atoms with Gasteiger partial charge in [0.15, 0.2) is 11.2 Å². The Kier molecular flexibility index (Phi) is 4.12. The molecule has 0 aromatic heterocycles. The second-order valence-corrected chi connectivity index (χ2v) is 5.87. The molecule has 6 heteroatoms. The first kappa shape index (κ1) is 16.3.